The predicted octanol–water partition coefficient (Wildman–Crippen LogP) is 2.88. The van der Waals surface area contributed by atoms with E-state index in [1.807, 2.05) is 29.5 Å². The first-order valence-corrected chi connectivity index (χ1v) is 5.78. The maximum atomic E-state index is 5.84. The molecule has 0 aliphatic rings. The first-order chi connectivity index (χ1) is 6.61. The molecule has 14 heavy (non-hydrogen) atoms. The molecular formula is C9H9Br2N3. The first kappa shape index (κ1) is 10.1. The lowest BCUT2D eigenvalue weighted by atomic mass is 10.3. The number of aromatic nitrogens is 2. The molecule has 74 valence electrons. The van der Waals surface area contributed by atoms with Gasteiger partial charge >= 0.3 is 0 Å². The van der Waals surface area contributed by atoms with E-state index in [4.69, 9.17) is 5.73 Å². The van der Waals surface area contributed by atoms with Crippen molar-refractivity contribution in [2.45, 2.75) is 13.0 Å². The predicted molar refractivity (Wildman–Crippen MR) is 63.2 cm³/mol. The number of halogens is 2. The highest BCUT2D eigenvalue weighted by Crippen LogP contribution is 2.25. The van der Waals surface area contributed by atoms with Crippen molar-refractivity contribution in [1.82, 2.24) is 9.38 Å². The lowest BCUT2D eigenvalue weighted by Gasteiger charge is -2.05. The van der Waals surface area contributed by atoms with Crippen molar-refractivity contribution in [3.8, 4) is 0 Å². The summed E-state index contributed by atoms with van der Waals surface area (Å²) >= 11 is 6.89. The molecule has 0 saturated heterocycles. The van der Waals surface area contributed by atoms with Crippen LogP contribution in [0.4, 0.5) is 0 Å². The lowest BCUT2D eigenvalue weighted by molar-refractivity contribution is 0.730. The molecule has 1 atom stereocenters. The fourth-order valence-corrected chi connectivity index (χ4v) is 2.41. The Balaban J connectivity index is 2.86. The molecule has 0 spiro atoms. The van der Waals surface area contributed by atoms with Gasteiger partial charge in [-0.05, 0) is 50.9 Å². The van der Waals surface area contributed by atoms with Crippen LogP contribution in [-0.4, -0.2) is 9.38 Å². The summed E-state index contributed by atoms with van der Waals surface area (Å²) in [5, 5.41) is 0. The number of pyridine rings is 1. The van der Waals surface area contributed by atoms with Crippen LogP contribution in [0.5, 0.6) is 0 Å². The third-order valence-corrected chi connectivity index (χ3v) is 3.21. The van der Waals surface area contributed by atoms with Crippen LogP contribution in [0.3, 0.4) is 0 Å². The summed E-state index contributed by atoms with van der Waals surface area (Å²) < 4.78 is 3.78. The SMILES string of the molecule is CC(N)c1nc(Br)c2cccc(Br)n12. The normalized spacial score (nSPS) is 13.4. The Hall–Kier alpha value is -0.390. The molecule has 2 aromatic heterocycles. The number of nitrogens with two attached hydrogens (primary N) is 1. The zero-order valence-corrected chi connectivity index (χ0v) is 10.7. The van der Waals surface area contributed by atoms with E-state index in [0.717, 1.165) is 20.5 Å². The fraction of sp³-hybridized carbons (Fsp3) is 0.222. The molecule has 0 amide bonds. The van der Waals surface area contributed by atoms with Gasteiger partial charge in [0.15, 0.2) is 0 Å². The van der Waals surface area contributed by atoms with Crippen LogP contribution in [0.25, 0.3) is 5.52 Å². The van der Waals surface area contributed by atoms with Crippen molar-refractivity contribution in [2.24, 2.45) is 5.73 Å². The van der Waals surface area contributed by atoms with Gasteiger partial charge in [0.2, 0.25) is 0 Å². The Labute approximate surface area is 98.6 Å². The number of imidazole rings is 1. The Morgan fingerprint density at radius 2 is 2.14 bits per heavy atom. The third kappa shape index (κ3) is 1.49. The van der Waals surface area contributed by atoms with Crippen molar-refractivity contribution < 1.29 is 0 Å². The lowest BCUT2D eigenvalue weighted by Crippen LogP contribution is -2.10. The molecule has 0 saturated carbocycles. The molecule has 0 aliphatic carbocycles. The highest BCUT2D eigenvalue weighted by molar-refractivity contribution is 9.11. The Kier molecular flexibility index (Phi) is 2.64. The second-order valence-corrected chi connectivity index (χ2v) is 4.68. The summed E-state index contributed by atoms with van der Waals surface area (Å²) in [5.74, 6) is 0.847. The van der Waals surface area contributed by atoms with E-state index in [2.05, 4.69) is 36.8 Å². The molecule has 0 radical (unpaired) electrons. The Morgan fingerprint density at radius 1 is 1.43 bits per heavy atom. The molecule has 5 heteroatoms. The molecule has 2 heterocycles. The van der Waals surface area contributed by atoms with E-state index in [9.17, 15) is 0 Å². The summed E-state index contributed by atoms with van der Waals surface area (Å²) in [5.41, 5.74) is 6.86. The summed E-state index contributed by atoms with van der Waals surface area (Å²) in [7, 11) is 0. The minimum atomic E-state index is -0.0903. The van der Waals surface area contributed by atoms with Crippen LogP contribution in [0.15, 0.2) is 27.4 Å². The third-order valence-electron chi connectivity index (χ3n) is 2.00. The summed E-state index contributed by atoms with van der Waals surface area (Å²) in [4.78, 5) is 4.37. The zero-order chi connectivity index (χ0) is 10.3. The number of hydrogen-bond donors (Lipinski definition) is 1. The van der Waals surface area contributed by atoms with E-state index < -0.39 is 0 Å². The molecule has 0 aliphatic heterocycles. The highest BCUT2D eigenvalue weighted by Gasteiger charge is 2.13. The van der Waals surface area contributed by atoms with E-state index in [1.165, 1.54) is 0 Å². The molecule has 2 rings (SSSR count). The zero-order valence-electron chi connectivity index (χ0n) is 7.54. The maximum absolute atomic E-state index is 5.84. The van der Waals surface area contributed by atoms with E-state index in [-0.39, 0.29) is 6.04 Å². The second kappa shape index (κ2) is 3.64. The number of nitrogens with zero attached hydrogens (tertiary/aromatic N) is 2. The van der Waals surface area contributed by atoms with E-state index in [0.29, 0.717) is 0 Å². The topological polar surface area (TPSA) is 43.3 Å². The van der Waals surface area contributed by atoms with Crippen LogP contribution in [0.1, 0.15) is 18.8 Å². The van der Waals surface area contributed by atoms with E-state index >= 15 is 0 Å². The Morgan fingerprint density at radius 3 is 2.79 bits per heavy atom. The van der Waals surface area contributed by atoms with Gasteiger partial charge in [0, 0.05) is 0 Å². The molecule has 3 nitrogen and oxygen atoms in total. The summed E-state index contributed by atoms with van der Waals surface area (Å²) in [6.07, 6.45) is 0. The smallest absolute Gasteiger partial charge is 0.132 e. The van der Waals surface area contributed by atoms with E-state index in [1.54, 1.807) is 0 Å². The molecule has 2 N–H and O–H groups in total. The van der Waals surface area contributed by atoms with Gasteiger partial charge in [-0.25, -0.2) is 4.98 Å². The second-order valence-electron chi connectivity index (χ2n) is 3.12. The van der Waals surface area contributed by atoms with Gasteiger partial charge in [-0.3, -0.25) is 4.40 Å². The molecule has 0 bridgehead atoms. The largest absolute Gasteiger partial charge is 0.322 e. The fourth-order valence-electron chi connectivity index (χ4n) is 1.39. The average molecular weight is 319 g/mol. The average Bonchev–Trinajstić information content (AvgIpc) is 2.46. The van der Waals surface area contributed by atoms with Crippen LogP contribution >= 0.6 is 31.9 Å². The maximum Gasteiger partial charge on any atom is 0.132 e. The van der Waals surface area contributed by atoms with Crippen LogP contribution in [-0.2, 0) is 0 Å². The molecule has 1 unspecified atom stereocenters. The number of rotatable bonds is 1. The molecule has 0 fully saturated rings. The van der Waals surface area contributed by atoms with Crippen molar-refractivity contribution >= 4 is 37.4 Å². The van der Waals surface area contributed by atoms with Crippen molar-refractivity contribution in [3.63, 3.8) is 0 Å². The van der Waals surface area contributed by atoms with Gasteiger partial charge in [-0.1, -0.05) is 6.07 Å². The Bertz CT molecular complexity index is 476. The number of hydrogen-bond acceptors (Lipinski definition) is 2. The number of fused-ring (bicyclic) bond motifs is 1. The molecule has 2 aromatic rings. The molecule has 0 aromatic carbocycles. The van der Waals surface area contributed by atoms with Gasteiger partial charge in [0.1, 0.15) is 10.4 Å². The van der Waals surface area contributed by atoms with Crippen LogP contribution < -0.4 is 5.73 Å². The highest BCUT2D eigenvalue weighted by atomic mass is 79.9. The monoisotopic (exact) mass is 317 g/mol. The van der Waals surface area contributed by atoms with Crippen molar-refractivity contribution in [1.29, 1.82) is 0 Å². The van der Waals surface area contributed by atoms with Gasteiger partial charge in [-0.2, -0.15) is 0 Å². The van der Waals surface area contributed by atoms with Gasteiger partial charge < -0.3 is 5.73 Å². The first-order valence-electron chi connectivity index (χ1n) is 4.19. The molecular weight excluding hydrogens is 310 g/mol. The van der Waals surface area contributed by atoms with Crippen molar-refractivity contribution in [2.75, 3.05) is 0 Å². The van der Waals surface area contributed by atoms with Crippen LogP contribution in [0, 0.1) is 0 Å². The van der Waals surface area contributed by atoms with Gasteiger partial charge in [0.25, 0.3) is 0 Å². The summed E-state index contributed by atoms with van der Waals surface area (Å²) in [6, 6.07) is 5.84. The minimum absolute atomic E-state index is 0.0903. The van der Waals surface area contributed by atoms with Gasteiger partial charge in [0.05, 0.1) is 16.2 Å². The quantitative estimate of drug-likeness (QED) is 0.822. The summed E-state index contributed by atoms with van der Waals surface area (Å²) in [6.45, 7) is 1.92. The van der Waals surface area contributed by atoms with Crippen LogP contribution in [0.2, 0.25) is 0 Å². The van der Waals surface area contributed by atoms with Crippen molar-refractivity contribution in [3.05, 3.63) is 33.2 Å². The van der Waals surface area contributed by atoms with Gasteiger partial charge in [-0.15, -0.1) is 0 Å². The minimum Gasteiger partial charge on any atom is -0.322 e. The standard InChI is InChI=1S/C9H9Br2N3/c1-5(12)9-13-8(11)6-3-2-4-7(10)14(6)9/h2-5H,12H2,1H3.